The van der Waals surface area contributed by atoms with Gasteiger partial charge in [-0.1, -0.05) is 37.3 Å². The predicted octanol–water partition coefficient (Wildman–Crippen LogP) is 4.24. The molecule has 0 aliphatic carbocycles. The molecule has 2 aromatic rings. The molecule has 6 heteroatoms. The summed E-state index contributed by atoms with van der Waals surface area (Å²) < 4.78 is 0.351. The molecule has 0 radical (unpaired) electrons. The number of nitrogens with one attached hydrogen (secondary N) is 1. The molecule has 0 fully saturated rings. The summed E-state index contributed by atoms with van der Waals surface area (Å²) in [5.74, 6) is -0.327. The van der Waals surface area contributed by atoms with Gasteiger partial charge in [0.1, 0.15) is 0 Å². The summed E-state index contributed by atoms with van der Waals surface area (Å²) in [6, 6.07) is 13.8. The zero-order chi connectivity index (χ0) is 16.1. The van der Waals surface area contributed by atoms with Crippen molar-refractivity contribution >= 4 is 27.5 Å². The van der Waals surface area contributed by atoms with E-state index in [9.17, 15) is 14.9 Å². The smallest absolute Gasteiger partial charge is 0.284 e. The van der Waals surface area contributed by atoms with Crippen molar-refractivity contribution in [2.45, 2.75) is 19.4 Å². The van der Waals surface area contributed by atoms with E-state index in [4.69, 9.17) is 0 Å². The zero-order valence-corrected chi connectivity index (χ0v) is 13.5. The van der Waals surface area contributed by atoms with Crippen LogP contribution in [0.25, 0.3) is 0 Å². The van der Waals surface area contributed by atoms with Crippen molar-refractivity contribution < 1.29 is 9.72 Å². The van der Waals surface area contributed by atoms with E-state index in [-0.39, 0.29) is 23.2 Å². The summed E-state index contributed by atoms with van der Waals surface area (Å²) in [5.41, 5.74) is 1.15. The second-order valence-corrected chi connectivity index (χ2v) is 5.62. The summed E-state index contributed by atoms with van der Waals surface area (Å²) in [5, 5.41) is 13.8. The average Bonchev–Trinajstić information content (AvgIpc) is 2.53. The van der Waals surface area contributed by atoms with Crippen LogP contribution in [-0.2, 0) is 0 Å². The van der Waals surface area contributed by atoms with Crippen molar-refractivity contribution in [2.24, 2.45) is 0 Å². The van der Waals surface area contributed by atoms with Crippen molar-refractivity contribution in [3.05, 3.63) is 74.2 Å². The fraction of sp³-hybridized carbons (Fsp3) is 0.188. The molecule has 0 aromatic heterocycles. The summed E-state index contributed by atoms with van der Waals surface area (Å²) in [6.45, 7) is 1.97. The minimum Gasteiger partial charge on any atom is -0.345 e. The highest BCUT2D eigenvalue weighted by Crippen LogP contribution is 2.26. The normalized spacial score (nSPS) is 11.7. The molecule has 0 bridgehead atoms. The first-order valence-electron chi connectivity index (χ1n) is 6.82. The lowest BCUT2D eigenvalue weighted by Crippen LogP contribution is -2.28. The number of benzene rings is 2. The molecule has 1 atom stereocenters. The Kier molecular flexibility index (Phi) is 5.27. The Morgan fingerprint density at radius 2 is 1.95 bits per heavy atom. The molecule has 2 rings (SSSR count). The number of carbonyl (C=O) groups excluding carboxylic acids is 1. The lowest BCUT2D eigenvalue weighted by Gasteiger charge is -2.17. The number of amides is 1. The summed E-state index contributed by atoms with van der Waals surface area (Å²) in [7, 11) is 0. The van der Waals surface area contributed by atoms with E-state index in [1.54, 1.807) is 6.07 Å². The second-order valence-electron chi connectivity index (χ2n) is 4.77. The monoisotopic (exact) mass is 362 g/mol. The van der Waals surface area contributed by atoms with E-state index in [2.05, 4.69) is 21.2 Å². The number of hydrogen-bond acceptors (Lipinski definition) is 3. The number of rotatable bonds is 5. The van der Waals surface area contributed by atoms with Crippen LogP contribution < -0.4 is 5.32 Å². The van der Waals surface area contributed by atoms with E-state index in [1.807, 2.05) is 37.3 Å². The van der Waals surface area contributed by atoms with Gasteiger partial charge in [0.05, 0.1) is 15.4 Å². The molecule has 1 N–H and O–H groups in total. The highest BCUT2D eigenvalue weighted by atomic mass is 79.9. The van der Waals surface area contributed by atoms with Gasteiger partial charge < -0.3 is 5.32 Å². The van der Waals surface area contributed by atoms with Gasteiger partial charge in [-0.25, -0.2) is 0 Å². The molecule has 0 saturated heterocycles. The number of halogens is 1. The van der Waals surface area contributed by atoms with Crippen LogP contribution in [0.2, 0.25) is 0 Å². The molecule has 0 aliphatic rings. The molecule has 0 spiro atoms. The molecule has 22 heavy (non-hydrogen) atoms. The minimum absolute atomic E-state index is 0.125. The SMILES string of the molecule is CC[C@@H](NC(=O)c1ccc(Br)c([N+](=O)[O-])c1)c1ccccc1. The molecule has 0 aliphatic heterocycles. The fourth-order valence-corrected chi connectivity index (χ4v) is 2.53. The number of nitrogens with zero attached hydrogens (tertiary/aromatic N) is 1. The van der Waals surface area contributed by atoms with Gasteiger partial charge in [0, 0.05) is 11.6 Å². The van der Waals surface area contributed by atoms with E-state index < -0.39 is 4.92 Å². The molecular weight excluding hydrogens is 348 g/mol. The Labute approximate surface area is 136 Å². The Bertz CT molecular complexity index is 689. The van der Waals surface area contributed by atoms with Crippen LogP contribution in [0.3, 0.4) is 0 Å². The topological polar surface area (TPSA) is 72.2 Å². The summed E-state index contributed by atoms with van der Waals surface area (Å²) >= 11 is 3.11. The second kappa shape index (κ2) is 7.17. The van der Waals surface area contributed by atoms with Crippen molar-refractivity contribution in [1.29, 1.82) is 0 Å². The van der Waals surface area contributed by atoms with Crippen LogP contribution in [0.1, 0.15) is 35.3 Å². The summed E-state index contributed by atoms with van der Waals surface area (Å²) in [4.78, 5) is 22.7. The number of carbonyl (C=O) groups is 1. The molecule has 1 amide bonds. The van der Waals surface area contributed by atoms with E-state index in [0.29, 0.717) is 4.47 Å². The number of nitro groups is 1. The molecule has 5 nitrogen and oxygen atoms in total. The zero-order valence-electron chi connectivity index (χ0n) is 12.0. The van der Waals surface area contributed by atoms with Crippen LogP contribution in [-0.4, -0.2) is 10.8 Å². The third-order valence-corrected chi connectivity index (χ3v) is 3.99. The van der Waals surface area contributed by atoms with E-state index in [1.165, 1.54) is 12.1 Å². The van der Waals surface area contributed by atoms with Crippen molar-refractivity contribution in [1.82, 2.24) is 5.32 Å². The quantitative estimate of drug-likeness (QED) is 0.638. The van der Waals surface area contributed by atoms with Gasteiger partial charge in [0.25, 0.3) is 11.6 Å². The molecule has 0 saturated carbocycles. The van der Waals surface area contributed by atoms with Gasteiger partial charge in [-0.15, -0.1) is 0 Å². The lowest BCUT2D eigenvalue weighted by molar-refractivity contribution is -0.385. The van der Waals surface area contributed by atoms with Crippen molar-refractivity contribution in [2.75, 3.05) is 0 Å². The van der Waals surface area contributed by atoms with Gasteiger partial charge in [0.2, 0.25) is 0 Å². The maximum Gasteiger partial charge on any atom is 0.284 e. The number of hydrogen-bond donors (Lipinski definition) is 1. The maximum absolute atomic E-state index is 12.3. The standard InChI is InChI=1S/C16H15BrN2O3/c1-2-14(11-6-4-3-5-7-11)18-16(20)12-8-9-13(17)15(10-12)19(21)22/h3-10,14H,2H2,1H3,(H,18,20)/t14-/m1/s1. The average molecular weight is 363 g/mol. The third-order valence-electron chi connectivity index (χ3n) is 3.32. The van der Waals surface area contributed by atoms with Gasteiger partial charge in [-0.05, 0) is 40.0 Å². The van der Waals surface area contributed by atoms with Crippen molar-refractivity contribution in [3.8, 4) is 0 Å². The number of nitro benzene ring substituents is 1. The van der Waals surface area contributed by atoms with Gasteiger partial charge in [0.15, 0.2) is 0 Å². The first-order valence-corrected chi connectivity index (χ1v) is 7.62. The van der Waals surface area contributed by atoms with Crippen LogP contribution in [0.5, 0.6) is 0 Å². The van der Waals surface area contributed by atoms with E-state index >= 15 is 0 Å². The summed E-state index contributed by atoms with van der Waals surface area (Å²) in [6.07, 6.45) is 0.731. The predicted molar refractivity (Wildman–Crippen MR) is 87.7 cm³/mol. The maximum atomic E-state index is 12.3. The molecule has 0 heterocycles. The lowest BCUT2D eigenvalue weighted by atomic mass is 10.0. The highest BCUT2D eigenvalue weighted by molar-refractivity contribution is 9.10. The van der Waals surface area contributed by atoms with Crippen LogP contribution in [0, 0.1) is 10.1 Å². The third kappa shape index (κ3) is 3.71. The molecule has 114 valence electrons. The molecular formula is C16H15BrN2O3. The Morgan fingerprint density at radius 3 is 2.55 bits per heavy atom. The Balaban J connectivity index is 2.21. The minimum atomic E-state index is -0.518. The molecule has 0 unspecified atom stereocenters. The van der Waals surface area contributed by atoms with Crippen molar-refractivity contribution in [3.63, 3.8) is 0 Å². The van der Waals surface area contributed by atoms with Crippen LogP contribution >= 0.6 is 15.9 Å². The van der Waals surface area contributed by atoms with Gasteiger partial charge >= 0.3 is 0 Å². The van der Waals surface area contributed by atoms with Gasteiger partial charge in [-0.2, -0.15) is 0 Å². The van der Waals surface area contributed by atoms with E-state index in [0.717, 1.165) is 12.0 Å². The highest BCUT2D eigenvalue weighted by Gasteiger charge is 2.18. The van der Waals surface area contributed by atoms with Crippen LogP contribution in [0.15, 0.2) is 53.0 Å². The Hall–Kier alpha value is -2.21. The fourth-order valence-electron chi connectivity index (χ4n) is 2.14. The first kappa shape index (κ1) is 16.2. The van der Waals surface area contributed by atoms with Gasteiger partial charge in [-0.3, -0.25) is 14.9 Å². The van der Waals surface area contributed by atoms with Crippen LogP contribution in [0.4, 0.5) is 5.69 Å². The first-order chi connectivity index (χ1) is 10.5. The molecule has 2 aromatic carbocycles. The largest absolute Gasteiger partial charge is 0.345 e. The Morgan fingerprint density at radius 1 is 1.27 bits per heavy atom.